The predicted octanol–water partition coefficient (Wildman–Crippen LogP) is 4.63. The lowest BCUT2D eigenvalue weighted by Crippen LogP contribution is -2.03. The fourth-order valence-electron chi connectivity index (χ4n) is 2.55. The van der Waals surface area contributed by atoms with Crippen LogP contribution in [-0.4, -0.2) is 44.3 Å². The second-order valence-electron chi connectivity index (χ2n) is 5.81. The fraction of sp³-hybridized carbons (Fsp3) is 0.211. The predicted molar refractivity (Wildman–Crippen MR) is 121 cm³/mol. The highest BCUT2D eigenvalue weighted by Gasteiger charge is 2.19. The average Bonchev–Trinajstić information content (AvgIpc) is 3.17. The number of thiazole rings is 1. The highest BCUT2D eigenvalue weighted by molar-refractivity contribution is 9.10. The Morgan fingerprint density at radius 3 is 2.53 bits per heavy atom. The van der Waals surface area contributed by atoms with Crippen LogP contribution in [0.15, 0.2) is 34.9 Å². The molecule has 9 nitrogen and oxygen atoms in total. The number of hydrogen-bond acceptors (Lipinski definition) is 10. The molecule has 3 aromatic rings. The van der Waals surface area contributed by atoms with E-state index in [0.717, 1.165) is 4.47 Å². The minimum Gasteiger partial charge on any atom is -0.495 e. The molecule has 0 saturated heterocycles. The number of benzene rings is 1. The van der Waals surface area contributed by atoms with E-state index in [0.29, 0.717) is 44.5 Å². The minimum absolute atomic E-state index is 0.368. The zero-order valence-corrected chi connectivity index (χ0v) is 19.1. The SMILES string of the molecule is CNc1nc(Nc2ccnc(Nc3cc(OC)c(Br)cc3OC)c2)c(C(=O)OC)s1. The van der Waals surface area contributed by atoms with Crippen molar-refractivity contribution in [3.8, 4) is 11.5 Å². The molecule has 3 rings (SSSR count). The minimum atomic E-state index is -0.462. The first kappa shape index (κ1) is 21.7. The van der Waals surface area contributed by atoms with Gasteiger partial charge in [0, 0.05) is 37.1 Å². The standard InChI is InChI=1S/C19H20BrN5O4S/c1-21-19-25-17(16(30-19)18(26)29-4)23-10-5-6-22-15(7-10)24-12-9-13(27-2)11(20)8-14(12)28-3/h5-9H,1-4H3,(H,21,25)(H2,22,23,24). The van der Waals surface area contributed by atoms with Crippen molar-refractivity contribution in [3.63, 3.8) is 0 Å². The van der Waals surface area contributed by atoms with Crippen LogP contribution in [-0.2, 0) is 4.74 Å². The molecule has 0 unspecified atom stereocenters. The van der Waals surface area contributed by atoms with E-state index in [1.165, 1.54) is 18.4 Å². The monoisotopic (exact) mass is 493 g/mol. The fourth-order valence-corrected chi connectivity index (χ4v) is 3.83. The van der Waals surface area contributed by atoms with Crippen molar-refractivity contribution >= 4 is 61.4 Å². The van der Waals surface area contributed by atoms with Gasteiger partial charge in [0.05, 0.1) is 31.5 Å². The zero-order valence-electron chi connectivity index (χ0n) is 16.7. The molecule has 0 aliphatic heterocycles. The molecule has 0 aliphatic rings. The maximum Gasteiger partial charge on any atom is 0.352 e. The molecule has 0 amide bonds. The first-order valence-corrected chi connectivity index (χ1v) is 10.3. The van der Waals surface area contributed by atoms with Crippen molar-refractivity contribution in [2.45, 2.75) is 0 Å². The number of anilines is 5. The Bertz CT molecular complexity index is 1060. The largest absolute Gasteiger partial charge is 0.495 e. The molecule has 2 aromatic heterocycles. The van der Waals surface area contributed by atoms with E-state index < -0.39 is 5.97 Å². The molecular weight excluding hydrogens is 474 g/mol. The van der Waals surface area contributed by atoms with Crippen molar-refractivity contribution in [1.82, 2.24) is 9.97 Å². The lowest BCUT2D eigenvalue weighted by molar-refractivity contribution is 0.0607. The summed E-state index contributed by atoms with van der Waals surface area (Å²) >= 11 is 4.64. The number of carbonyl (C=O) groups excluding carboxylic acids is 1. The van der Waals surface area contributed by atoms with Gasteiger partial charge in [0.15, 0.2) is 15.8 Å². The van der Waals surface area contributed by atoms with E-state index in [9.17, 15) is 4.79 Å². The van der Waals surface area contributed by atoms with Crippen LogP contribution in [0.5, 0.6) is 11.5 Å². The Morgan fingerprint density at radius 1 is 1.10 bits per heavy atom. The normalized spacial score (nSPS) is 10.3. The highest BCUT2D eigenvalue weighted by atomic mass is 79.9. The molecule has 3 N–H and O–H groups in total. The first-order chi connectivity index (χ1) is 14.5. The van der Waals surface area contributed by atoms with Crippen molar-refractivity contribution in [3.05, 3.63) is 39.8 Å². The van der Waals surface area contributed by atoms with Crippen molar-refractivity contribution < 1.29 is 19.0 Å². The van der Waals surface area contributed by atoms with Crippen LogP contribution < -0.4 is 25.4 Å². The van der Waals surface area contributed by atoms with Crippen LogP contribution in [0.25, 0.3) is 0 Å². The van der Waals surface area contributed by atoms with Gasteiger partial charge in [-0.2, -0.15) is 0 Å². The number of hydrogen-bond donors (Lipinski definition) is 3. The second-order valence-corrected chi connectivity index (χ2v) is 7.66. The Balaban J connectivity index is 1.88. The van der Waals surface area contributed by atoms with E-state index in [1.54, 1.807) is 51.7 Å². The summed E-state index contributed by atoms with van der Waals surface area (Å²) in [5, 5.41) is 9.89. The van der Waals surface area contributed by atoms with Gasteiger partial charge in [-0.1, -0.05) is 11.3 Å². The Kier molecular flexibility index (Phi) is 6.95. The number of methoxy groups -OCH3 is 3. The third-order valence-corrected chi connectivity index (χ3v) is 5.64. The summed E-state index contributed by atoms with van der Waals surface area (Å²) in [6.45, 7) is 0. The third-order valence-electron chi connectivity index (χ3n) is 3.97. The number of ether oxygens (including phenoxy) is 3. The summed E-state index contributed by atoms with van der Waals surface area (Å²) < 4.78 is 16.4. The number of pyridine rings is 1. The van der Waals surface area contributed by atoms with Crippen molar-refractivity contribution in [2.75, 3.05) is 44.3 Å². The van der Waals surface area contributed by atoms with Gasteiger partial charge in [0.2, 0.25) is 0 Å². The Labute approximate surface area is 185 Å². The van der Waals surface area contributed by atoms with Gasteiger partial charge in [-0.15, -0.1) is 0 Å². The number of halogens is 1. The maximum atomic E-state index is 12.0. The smallest absolute Gasteiger partial charge is 0.352 e. The van der Waals surface area contributed by atoms with E-state index in [2.05, 4.69) is 41.8 Å². The molecule has 158 valence electrons. The van der Waals surface area contributed by atoms with Crippen LogP contribution in [0.4, 0.5) is 28.1 Å². The number of aromatic nitrogens is 2. The maximum absolute atomic E-state index is 12.0. The second kappa shape index (κ2) is 9.63. The zero-order chi connectivity index (χ0) is 21.7. The van der Waals surface area contributed by atoms with Crippen LogP contribution in [0.1, 0.15) is 9.67 Å². The summed E-state index contributed by atoms with van der Waals surface area (Å²) in [7, 11) is 6.24. The lowest BCUT2D eigenvalue weighted by Gasteiger charge is -2.14. The first-order valence-electron chi connectivity index (χ1n) is 8.67. The lowest BCUT2D eigenvalue weighted by atomic mass is 10.2. The van der Waals surface area contributed by atoms with Gasteiger partial charge in [-0.3, -0.25) is 0 Å². The number of carbonyl (C=O) groups is 1. The molecule has 0 bridgehead atoms. The molecule has 0 atom stereocenters. The molecule has 0 fully saturated rings. The van der Waals surface area contributed by atoms with E-state index in [4.69, 9.17) is 14.2 Å². The number of esters is 1. The Hall–Kier alpha value is -3.05. The molecule has 0 spiro atoms. The van der Waals surface area contributed by atoms with Gasteiger partial charge in [0.25, 0.3) is 0 Å². The molecule has 0 aliphatic carbocycles. The number of nitrogens with zero attached hydrogens (tertiary/aromatic N) is 2. The van der Waals surface area contributed by atoms with E-state index in [-0.39, 0.29) is 0 Å². The molecule has 1 aromatic carbocycles. The third kappa shape index (κ3) is 4.74. The van der Waals surface area contributed by atoms with Crippen LogP contribution in [0.2, 0.25) is 0 Å². The van der Waals surface area contributed by atoms with Gasteiger partial charge < -0.3 is 30.2 Å². The summed E-state index contributed by atoms with van der Waals surface area (Å²) in [4.78, 5) is 21.1. The van der Waals surface area contributed by atoms with E-state index in [1.807, 2.05) is 0 Å². The van der Waals surface area contributed by atoms with Crippen molar-refractivity contribution in [2.24, 2.45) is 0 Å². The quantitative estimate of drug-likeness (QED) is 0.387. The van der Waals surface area contributed by atoms with Gasteiger partial charge in [0.1, 0.15) is 17.3 Å². The summed E-state index contributed by atoms with van der Waals surface area (Å²) in [6.07, 6.45) is 1.64. The molecular formula is C19H20BrN5O4S. The van der Waals surface area contributed by atoms with Gasteiger partial charge >= 0.3 is 5.97 Å². The molecule has 0 saturated carbocycles. The van der Waals surface area contributed by atoms with Crippen molar-refractivity contribution in [1.29, 1.82) is 0 Å². The van der Waals surface area contributed by atoms with Crippen LogP contribution in [0, 0.1) is 0 Å². The Morgan fingerprint density at radius 2 is 1.87 bits per heavy atom. The van der Waals surface area contributed by atoms with E-state index >= 15 is 0 Å². The summed E-state index contributed by atoms with van der Waals surface area (Å²) in [5.74, 6) is 1.77. The van der Waals surface area contributed by atoms with Gasteiger partial charge in [-0.25, -0.2) is 14.8 Å². The summed E-state index contributed by atoms with van der Waals surface area (Å²) in [6, 6.07) is 7.16. The topological polar surface area (TPSA) is 107 Å². The number of rotatable bonds is 8. The van der Waals surface area contributed by atoms with Gasteiger partial charge in [-0.05, 0) is 22.0 Å². The number of nitrogens with one attached hydrogen (secondary N) is 3. The molecule has 11 heteroatoms. The molecule has 30 heavy (non-hydrogen) atoms. The van der Waals surface area contributed by atoms with Crippen LogP contribution >= 0.6 is 27.3 Å². The summed E-state index contributed by atoms with van der Waals surface area (Å²) in [5.41, 5.74) is 1.37. The van der Waals surface area contributed by atoms with Crippen LogP contribution in [0.3, 0.4) is 0 Å². The highest BCUT2D eigenvalue weighted by Crippen LogP contribution is 2.37. The average molecular weight is 494 g/mol. The molecule has 0 radical (unpaired) electrons. The molecule has 2 heterocycles.